The largest absolute Gasteiger partial charge is 0.381 e. The minimum atomic E-state index is 0. The average Bonchev–Trinajstić information content (AvgIpc) is 2.96. The van der Waals surface area contributed by atoms with E-state index < -0.39 is 0 Å². The maximum absolute atomic E-state index is 5.90. The lowest BCUT2D eigenvalue weighted by molar-refractivity contribution is -0.0320. The van der Waals surface area contributed by atoms with Crippen LogP contribution in [0.4, 0.5) is 0 Å². The van der Waals surface area contributed by atoms with Crippen LogP contribution in [-0.2, 0) is 16.0 Å². The molecule has 8 heteroatoms. The van der Waals surface area contributed by atoms with E-state index in [2.05, 4.69) is 45.3 Å². The Morgan fingerprint density at radius 1 is 1.30 bits per heavy atom. The van der Waals surface area contributed by atoms with E-state index in [1.807, 2.05) is 6.92 Å². The number of aliphatic imine (C=N–C) groups is 1. The summed E-state index contributed by atoms with van der Waals surface area (Å²) < 4.78 is 13.3. The lowest BCUT2D eigenvalue weighted by atomic mass is 10.1. The molecule has 0 atom stereocenters. The van der Waals surface area contributed by atoms with E-state index in [0.29, 0.717) is 6.10 Å². The summed E-state index contributed by atoms with van der Waals surface area (Å²) in [4.78, 5) is 4.65. The Labute approximate surface area is 180 Å². The second-order valence-electron chi connectivity index (χ2n) is 6.73. The van der Waals surface area contributed by atoms with Crippen LogP contribution in [0.15, 0.2) is 11.1 Å². The van der Waals surface area contributed by atoms with Crippen LogP contribution >= 0.6 is 24.0 Å². The van der Waals surface area contributed by atoms with Crippen LogP contribution in [0, 0.1) is 13.8 Å². The standard InChI is InChI=1S/C19H35N5O2.HI/c1-4-20-19(21-9-5-11-24-17(3)15-16(2)23-24)22-10-6-12-26-18-7-13-25-14-8-18;/h15,18H,4-14H2,1-3H3,(H2,20,21,22);1H. The van der Waals surface area contributed by atoms with E-state index in [1.165, 1.54) is 5.69 Å². The Morgan fingerprint density at radius 3 is 2.74 bits per heavy atom. The van der Waals surface area contributed by atoms with Crippen LogP contribution in [-0.4, -0.2) is 61.3 Å². The van der Waals surface area contributed by atoms with Gasteiger partial charge >= 0.3 is 0 Å². The molecule has 7 nitrogen and oxygen atoms in total. The first-order valence-electron chi connectivity index (χ1n) is 9.91. The van der Waals surface area contributed by atoms with E-state index in [1.54, 1.807) is 0 Å². The highest BCUT2D eigenvalue weighted by Crippen LogP contribution is 2.10. The first-order valence-corrected chi connectivity index (χ1v) is 9.91. The monoisotopic (exact) mass is 493 g/mol. The SMILES string of the molecule is CCNC(=NCCCn1nc(C)cc1C)NCCCOC1CCOCC1.I. The Balaban J connectivity index is 0.00000364. The molecule has 1 aromatic heterocycles. The molecule has 156 valence electrons. The topological polar surface area (TPSA) is 72.7 Å². The van der Waals surface area contributed by atoms with Gasteiger partial charge in [0, 0.05) is 51.7 Å². The van der Waals surface area contributed by atoms with E-state index in [-0.39, 0.29) is 24.0 Å². The summed E-state index contributed by atoms with van der Waals surface area (Å²) in [5, 5.41) is 11.2. The van der Waals surface area contributed by atoms with Gasteiger partial charge in [0.05, 0.1) is 11.8 Å². The van der Waals surface area contributed by atoms with Gasteiger partial charge in [-0.05, 0) is 52.5 Å². The summed E-state index contributed by atoms with van der Waals surface area (Å²) in [7, 11) is 0. The predicted molar refractivity (Wildman–Crippen MR) is 120 cm³/mol. The third-order valence-corrected chi connectivity index (χ3v) is 4.38. The van der Waals surface area contributed by atoms with Crippen molar-refractivity contribution < 1.29 is 9.47 Å². The minimum Gasteiger partial charge on any atom is -0.381 e. The summed E-state index contributed by atoms with van der Waals surface area (Å²) in [5.41, 5.74) is 2.28. The first-order chi connectivity index (χ1) is 12.7. The average molecular weight is 493 g/mol. The molecule has 2 rings (SSSR count). The first kappa shape index (κ1) is 24.2. The molecular formula is C19H36IN5O2. The predicted octanol–water partition coefficient (Wildman–Crippen LogP) is 2.65. The van der Waals surface area contributed by atoms with Gasteiger partial charge in [-0.1, -0.05) is 0 Å². The number of ether oxygens (including phenoxy) is 2. The van der Waals surface area contributed by atoms with Crippen molar-refractivity contribution in [2.75, 3.05) is 39.5 Å². The molecule has 1 aliphatic rings. The van der Waals surface area contributed by atoms with Crippen LogP contribution < -0.4 is 10.6 Å². The van der Waals surface area contributed by atoms with Crippen molar-refractivity contribution in [1.29, 1.82) is 0 Å². The number of aromatic nitrogens is 2. The maximum atomic E-state index is 5.90. The van der Waals surface area contributed by atoms with E-state index >= 15 is 0 Å². The Bertz CT molecular complexity index is 544. The molecule has 0 unspecified atom stereocenters. The molecule has 0 radical (unpaired) electrons. The molecule has 0 amide bonds. The molecule has 0 spiro atoms. The molecule has 1 aliphatic heterocycles. The Hall–Kier alpha value is -0.870. The van der Waals surface area contributed by atoms with Crippen molar-refractivity contribution in [3.8, 4) is 0 Å². The lowest BCUT2D eigenvalue weighted by Crippen LogP contribution is -2.38. The fraction of sp³-hybridized carbons (Fsp3) is 0.789. The van der Waals surface area contributed by atoms with Crippen molar-refractivity contribution in [2.24, 2.45) is 4.99 Å². The van der Waals surface area contributed by atoms with Crippen LogP contribution in [0.3, 0.4) is 0 Å². The molecule has 1 fully saturated rings. The fourth-order valence-corrected chi connectivity index (χ4v) is 3.03. The number of nitrogens with zero attached hydrogens (tertiary/aromatic N) is 3. The third-order valence-electron chi connectivity index (χ3n) is 4.38. The summed E-state index contributed by atoms with van der Waals surface area (Å²) >= 11 is 0. The lowest BCUT2D eigenvalue weighted by Gasteiger charge is -2.22. The summed E-state index contributed by atoms with van der Waals surface area (Å²) in [6, 6.07) is 2.11. The van der Waals surface area contributed by atoms with Crippen molar-refractivity contribution in [2.45, 2.75) is 59.1 Å². The van der Waals surface area contributed by atoms with E-state index in [4.69, 9.17) is 9.47 Å². The molecule has 0 aromatic carbocycles. The van der Waals surface area contributed by atoms with Crippen molar-refractivity contribution >= 4 is 29.9 Å². The third kappa shape index (κ3) is 9.75. The second kappa shape index (κ2) is 14.2. The van der Waals surface area contributed by atoms with Gasteiger partial charge < -0.3 is 20.1 Å². The maximum Gasteiger partial charge on any atom is 0.191 e. The van der Waals surface area contributed by atoms with Crippen molar-refractivity contribution in [3.05, 3.63) is 17.5 Å². The second-order valence-corrected chi connectivity index (χ2v) is 6.73. The zero-order valence-corrected chi connectivity index (χ0v) is 19.3. The van der Waals surface area contributed by atoms with Gasteiger partial charge in [0.1, 0.15) is 0 Å². The number of guanidine groups is 1. The van der Waals surface area contributed by atoms with Gasteiger partial charge in [0.2, 0.25) is 0 Å². The smallest absolute Gasteiger partial charge is 0.191 e. The quantitative estimate of drug-likeness (QED) is 0.227. The number of halogens is 1. The van der Waals surface area contributed by atoms with Gasteiger partial charge in [-0.3, -0.25) is 9.67 Å². The zero-order valence-electron chi connectivity index (χ0n) is 17.0. The normalized spacial score (nSPS) is 15.4. The van der Waals surface area contributed by atoms with E-state index in [9.17, 15) is 0 Å². The summed E-state index contributed by atoms with van der Waals surface area (Å²) in [5.74, 6) is 0.881. The minimum absolute atomic E-state index is 0. The van der Waals surface area contributed by atoms with Gasteiger partial charge in [0.25, 0.3) is 0 Å². The van der Waals surface area contributed by atoms with Gasteiger partial charge in [-0.2, -0.15) is 5.10 Å². The fourth-order valence-electron chi connectivity index (χ4n) is 3.03. The molecule has 0 aliphatic carbocycles. The van der Waals surface area contributed by atoms with Crippen LogP contribution in [0.2, 0.25) is 0 Å². The number of hydrogen-bond acceptors (Lipinski definition) is 4. The molecule has 1 aromatic rings. The highest BCUT2D eigenvalue weighted by molar-refractivity contribution is 14.0. The molecule has 1 saturated heterocycles. The number of hydrogen-bond donors (Lipinski definition) is 2. The van der Waals surface area contributed by atoms with Crippen molar-refractivity contribution in [3.63, 3.8) is 0 Å². The highest BCUT2D eigenvalue weighted by Gasteiger charge is 2.13. The molecule has 27 heavy (non-hydrogen) atoms. The zero-order chi connectivity index (χ0) is 18.6. The number of rotatable bonds is 10. The molecular weight excluding hydrogens is 457 g/mol. The molecule has 0 bridgehead atoms. The molecule has 0 saturated carbocycles. The highest BCUT2D eigenvalue weighted by atomic mass is 127. The van der Waals surface area contributed by atoms with Crippen LogP contribution in [0.1, 0.15) is 44.0 Å². The van der Waals surface area contributed by atoms with Gasteiger partial charge in [-0.25, -0.2) is 0 Å². The van der Waals surface area contributed by atoms with Gasteiger partial charge in [0.15, 0.2) is 5.96 Å². The van der Waals surface area contributed by atoms with E-state index in [0.717, 1.165) is 83.3 Å². The number of aryl methyl sites for hydroxylation is 3. The van der Waals surface area contributed by atoms with Crippen LogP contribution in [0.5, 0.6) is 0 Å². The summed E-state index contributed by atoms with van der Waals surface area (Å²) in [6.45, 7) is 12.1. The Kier molecular flexibility index (Phi) is 12.7. The van der Waals surface area contributed by atoms with Crippen LogP contribution in [0.25, 0.3) is 0 Å². The Morgan fingerprint density at radius 2 is 2.07 bits per heavy atom. The van der Waals surface area contributed by atoms with Crippen molar-refractivity contribution in [1.82, 2.24) is 20.4 Å². The summed E-state index contributed by atoms with van der Waals surface area (Å²) in [6.07, 6.45) is 4.37. The number of nitrogens with one attached hydrogen (secondary N) is 2. The molecule has 2 heterocycles. The van der Waals surface area contributed by atoms with Gasteiger partial charge in [-0.15, -0.1) is 24.0 Å². The molecule has 2 N–H and O–H groups in total.